The Hall–Kier alpha value is -2.29. The highest BCUT2D eigenvalue weighted by Crippen LogP contribution is 2.61. The summed E-state index contributed by atoms with van der Waals surface area (Å²) in [5.41, 5.74) is 1.44. The Morgan fingerprint density at radius 1 is 0.913 bits per heavy atom. The normalized spacial score (nSPS) is 18.3. The molecule has 2 aromatic rings. The van der Waals surface area contributed by atoms with Gasteiger partial charge >= 0.3 is 0 Å². The lowest BCUT2D eigenvalue weighted by molar-refractivity contribution is 0.0494. The molecule has 0 aromatic heterocycles. The van der Waals surface area contributed by atoms with Gasteiger partial charge < -0.3 is 9.47 Å². The van der Waals surface area contributed by atoms with Crippen molar-refractivity contribution in [3.63, 3.8) is 0 Å². The maximum atomic E-state index is 12.6. The molecule has 2 fully saturated rings. The second-order valence-corrected chi connectivity index (χ2v) is 6.70. The lowest BCUT2D eigenvalue weighted by Crippen LogP contribution is -2.36. The van der Waals surface area contributed by atoms with E-state index in [1.54, 1.807) is 12.1 Å². The fraction of sp³-hybridized carbons (Fsp3) is 0.350. The third-order valence-electron chi connectivity index (χ3n) is 4.86. The van der Waals surface area contributed by atoms with Crippen molar-refractivity contribution < 1.29 is 9.47 Å². The molecule has 2 saturated carbocycles. The average Bonchev–Trinajstić information content (AvgIpc) is 3.34. The fourth-order valence-corrected chi connectivity index (χ4v) is 3.25. The molecule has 1 spiro atoms. The van der Waals surface area contributed by atoms with Gasteiger partial charge in [0.25, 0.3) is 5.43 Å². The summed E-state index contributed by atoms with van der Waals surface area (Å²) in [5, 5.41) is 0. The summed E-state index contributed by atoms with van der Waals surface area (Å²) in [5.74, 6) is 0.743. The number of hydrogen-bond acceptors (Lipinski definition) is 3. The van der Waals surface area contributed by atoms with Crippen LogP contribution < -0.4 is 14.9 Å². The summed E-state index contributed by atoms with van der Waals surface area (Å²) in [6.07, 6.45) is 5.02. The van der Waals surface area contributed by atoms with Crippen LogP contribution in [0.1, 0.15) is 31.2 Å². The number of hydrogen-bond donors (Lipinski definition) is 0. The largest absolute Gasteiger partial charge is 0.486 e. The highest BCUT2D eigenvalue weighted by molar-refractivity contribution is 5.32. The lowest BCUT2D eigenvalue weighted by Gasteiger charge is -2.35. The zero-order valence-electron chi connectivity index (χ0n) is 13.0. The van der Waals surface area contributed by atoms with Crippen molar-refractivity contribution >= 4 is 0 Å². The molecule has 0 atom stereocenters. The van der Waals surface area contributed by atoms with Crippen molar-refractivity contribution in [3.8, 4) is 11.5 Å². The third kappa shape index (κ3) is 3.09. The molecule has 0 radical (unpaired) electrons. The molecule has 0 unspecified atom stereocenters. The molecule has 2 aromatic carbocycles. The second-order valence-electron chi connectivity index (χ2n) is 6.70. The van der Waals surface area contributed by atoms with E-state index in [1.165, 1.54) is 12.8 Å². The molecule has 2 aliphatic rings. The Labute approximate surface area is 135 Å². The van der Waals surface area contributed by atoms with Gasteiger partial charge in [-0.15, -0.1) is 0 Å². The molecule has 3 nitrogen and oxygen atoms in total. The molecule has 0 amide bonds. The van der Waals surface area contributed by atoms with Crippen LogP contribution in [0.15, 0.2) is 59.4 Å². The SMILES string of the molecule is O=c1c(OCc2ccccc2)ccccc1OC1CC2(CC2)C1. The highest BCUT2D eigenvalue weighted by atomic mass is 16.5. The first-order chi connectivity index (χ1) is 11.2. The minimum atomic E-state index is -0.164. The minimum absolute atomic E-state index is 0.164. The van der Waals surface area contributed by atoms with Crippen molar-refractivity contribution in [1.29, 1.82) is 0 Å². The van der Waals surface area contributed by atoms with Gasteiger partial charge in [0.15, 0.2) is 11.5 Å². The minimum Gasteiger partial charge on any atom is -0.486 e. The van der Waals surface area contributed by atoms with E-state index in [1.807, 2.05) is 42.5 Å². The molecule has 4 rings (SSSR count). The zero-order valence-corrected chi connectivity index (χ0v) is 13.0. The van der Waals surface area contributed by atoms with Gasteiger partial charge in [-0.1, -0.05) is 42.5 Å². The Balaban J connectivity index is 1.47. The predicted octanol–water partition coefficient (Wildman–Crippen LogP) is 3.95. The van der Waals surface area contributed by atoms with Gasteiger partial charge in [0, 0.05) is 0 Å². The first kappa shape index (κ1) is 14.3. The van der Waals surface area contributed by atoms with Crippen molar-refractivity contribution in [3.05, 3.63) is 70.4 Å². The zero-order chi connectivity index (χ0) is 15.7. The van der Waals surface area contributed by atoms with E-state index in [0.29, 0.717) is 23.5 Å². The van der Waals surface area contributed by atoms with Crippen LogP contribution >= 0.6 is 0 Å². The van der Waals surface area contributed by atoms with Crippen LogP contribution in [0.4, 0.5) is 0 Å². The lowest BCUT2D eigenvalue weighted by atomic mass is 9.79. The molecular formula is C20H20O3. The van der Waals surface area contributed by atoms with Crippen LogP contribution in [0.3, 0.4) is 0 Å². The Morgan fingerprint density at radius 3 is 2.26 bits per heavy atom. The third-order valence-corrected chi connectivity index (χ3v) is 4.86. The Bertz CT molecular complexity index is 742. The number of ether oxygens (including phenoxy) is 2. The molecule has 0 bridgehead atoms. The highest BCUT2D eigenvalue weighted by Gasteiger charge is 2.54. The smallest absolute Gasteiger partial charge is 0.262 e. The molecule has 23 heavy (non-hydrogen) atoms. The molecular weight excluding hydrogens is 288 g/mol. The fourth-order valence-electron chi connectivity index (χ4n) is 3.25. The first-order valence-corrected chi connectivity index (χ1v) is 8.21. The van der Waals surface area contributed by atoms with Crippen LogP contribution in [0.5, 0.6) is 11.5 Å². The molecule has 118 valence electrons. The van der Waals surface area contributed by atoms with E-state index in [4.69, 9.17) is 9.47 Å². The van der Waals surface area contributed by atoms with Crippen LogP contribution in [-0.4, -0.2) is 6.10 Å². The maximum Gasteiger partial charge on any atom is 0.262 e. The monoisotopic (exact) mass is 308 g/mol. The second kappa shape index (κ2) is 5.73. The number of benzene rings is 1. The van der Waals surface area contributed by atoms with Gasteiger partial charge in [-0.05, 0) is 48.8 Å². The molecule has 0 aliphatic heterocycles. The summed E-state index contributed by atoms with van der Waals surface area (Å²) in [6, 6.07) is 16.9. The van der Waals surface area contributed by atoms with Crippen LogP contribution in [0, 0.1) is 5.41 Å². The van der Waals surface area contributed by atoms with Gasteiger partial charge in [0.05, 0.1) is 6.10 Å². The van der Waals surface area contributed by atoms with Gasteiger partial charge in [0.1, 0.15) is 6.61 Å². The molecule has 0 heterocycles. The van der Waals surface area contributed by atoms with E-state index in [9.17, 15) is 4.79 Å². The quantitative estimate of drug-likeness (QED) is 0.839. The standard InChI is InChI=1S/C20H20O3/c21-19-17(22-14-15-6-2-1-3-7-15)8-4-5-9-18(19)23-16-12-20(13-16)10-11-20/h1-9,16H,10-14H2. The van der Waals surface area contributed by atoms with Crippen molar-refractivity contribution in [2.45, 2.75) is 38.4 Å². The average molecular weight is 308 g/mol. The molecule has 0 N–H and O–H groups in total. The van der Waals surface area contributed by atoms with Gasteiger partial charge in [0.2, 0.25) is 0 Å². The first-order valence-electron chi connectivity index (χ1n) is 8.21. The molecule has 3 heteroatoms. The van der Waals surface area contributed by atoms with Crippen LogP contribution in [0.2, 0.25) is 0 Å². The summed E-state index contributed by atoms with van der Waals surface area (Å²) < 4.78 is 11.6. The van der Waals surface area contributed by atoms with E-state index in [2.05, 4.69) is 0 Å². The van der Waals surface area contributed by atoms with Gasteiger partial charge in [-0.3, -0.25) is 4.79 Å². The van der Waals surface area contributed by atoms with Crippen molar-refractivity contribution in [2.24, 2.45) is 5.41 Å². The van der Waals surface area contributed by atoms with Crippen molar-refractivity contribution in [2.75, 3.05) is 0 Å². The van der Waals surface area contributed by atoms with E-state index >= 15 is 0 Å². The Kier molecular flexibility index (Phi) is 3.56. The summed E-state index contributed by atoms with van der Waals surface area (Å²) in [7, 11) is 0. The van der Waals surface area contributed by atoms with Crippen LogP contribution in [0.25, 0.3) is 0 Å². The summed E-state index contributed by atoms with van der Waals surface area (Å²) in [6.45, 7) is 0.381. The van der Waals surface area contributed by atoms with Gasteiger partial charge in [-0.25, -0.2) is 0 Å². The van der Waals surface area contributed by atoms with Crippen molar-refractivity contribution in [1.82, 2.24) is 0 Å². The number of rotatable bonds is 5. The summed E-state index contributed by atoms with van der Waals surface area (Å²) in [4.78, 5) is 12.6. The summed E-state index contributed by atoms with van der Waals surface area (Å²) >= 11 is 0. The van der Waals surface area contributed by atoms with Gasteiger partial charge in [-0.2, -0.15) is 0 Å². The topological polar surface area (TPSA) is 35.5 Å². The van der Waals surface area contributed by atoms with E-state index < -0.39 is 0 Å². The van der Waals surface area contributed by atoms with Crippen LogP contribution in [-0.2, 0) is 6.61 Å². The van der Waals surface area contributed by atoms with E-state index in [0.717, 1.165) is 18.4 Å². The Morgan fingerprint density at radius 2 is 1.57 bits per heavy atom. The molecule has 2 aliphatic carbocycles. The predicted molar refractivity (Wildman–Crippen MR) is 88.8 cm³/mol. The molecule has 0 saturated heterocycles. The maximum absolute atomic E-state index is 12.6. The van der Waals surface area contributed by atoms with E-state index in [-0.39, 0.29) is 11.5 Å².